The molecular formula is C22H24N4O4. The summed E-state index contributed by atoms with van der Waals surface area (Å²) in [6.07, 6.45) is 2.23. The number of nitrogens with zero attached hydrogens (tertiary/aromatic N) is 4. The van der Waals surface area contributed by atoms with E-state index in [4.69, 9.17) is 9.47 Å². The van der Waals surface area contributed by atoms with Crippen molar-refractivity contribution in [2.45, 2.75) is 32.9 Å². The van der Waals surface area contributed by atoms with Gasteiger partial charge in [-0.2, -0.15) is 0 Å². The molecule has 1 aliphatic heterocycles. The minimum absolute atomic E-state index is 0.0933. The third kappa shape index (κ3) is 3.28. The summed E-state index contributed by atoms with van der Waals surface area (Å²) in [7, 11) is 3.12. The molecule has 3 aromatic rings. The van der Waals surface area contributed by atoms with E-state index < -0.39 is 11.9 Å². The highest BCUT2D eigenvalue weighted by molar-refractivity contribution is 6.08. The van der Waals surface area contributed by atoms with Crippen LogP contribution in [0.1, 0.15) is 42.5 Å². The van der Waals surface area contributed by atoms with E-state index >= 15 is 0 Å². The number of aromatic nitrogens is 3. The molecule has 0 fully saturated rings. The number of rotatable bonds is 6. The molecule has 2 amide bonds. The van der Waals surface area contributed by atoms with Crippen LogP contribution in [0.5, 0.6) is 11.5 Å². The summed E-state index contributed by atoms with van der Waals surface area (Å²) in [6, 6.07) is 8.34. The molecule has 0 spiro atoms. The molecule has 2 aromatic heterocycles. The fourth-order valence-electron chi connectivity index (χ4n) is 3.84. The summed E-state index contributed by atoms with van der Waals surface area (Å²) in [5.41, 5.74) is 1.87. The summed E-state index contributed by atoms with van der Waals surface area (Å²) in [6.45, 7) is 4.19. The number of hydrogen-bond acceptors (Lipinski definition) is 6. The molecule has 1 aliphatic rings. The summed E-state index contributed by atoms with van der Waals surface area (Å²) in [5.74, 6) is 0.980. The fourth-order valence-corrected chi connectivity index (χ4v) is 3.84. The van der Waals surface area contributed by atoms with Crippen molar-refractivity contribution in [3.63, 3.8) is 0 Å². The molecule has 156 valence electrons. The van der Waals surface area contributed by atoms with Crippen LogP contribution in [-0.2, 0) is 11.3 Å². The third-order valence-electron chi connectivity index (χ3n) is 5.27. The Bertz CT molecular complexity index is 1120. The van der Waals surface area contributed by atoms with Crippen molar-refractivity contribution >= 4 is 23.0 Å². The van der Waals surface area contributed by atoms with Crippen molar-refractivity contribution in [2.75, 3.05) is 14.2 Å². The largest absolute Gasteiger partial charge is 0.497 e. The molecule has 1 aromatic carbocycles. The van der Waals surface area contributed by atoms with Gasteiger partial charge >= 0.3 is 0 Å². The fraction of sp³-hybridized carbons (Fsp3) is 0.364. The maximum Gasteiger partial charge on any atom is 0.296 e. The lowest BCUT2D eigenvalue weighted by atomic mass is 10.00. The molecule has 0 N–H and O–H groups in total. The number of amides is 2. The first kappa shape index (κ1) is 19.9. The van der Waals surface area contributed by atoms with Gasteiger partial charge in [0.15, 0.2) is 5.65 Å². The highest BCUT2D eigenvalue weighted by atomic mass is 16.5. The Labute approximate surface area is 174 Å². The van der Waals surface area contributed by atoms with Crippen molar-refractivity contribution in [1.82, 2.24) is 19.4 Å². The number of pyridine rings is 1. The Morgan fingerprint density at radius 2 is 1.93 bits per heavy atom. The van der Waals surface area contributed by atoms with Crippen LogP contribution in [0.2, 0.25) is 0 Å². The molecular weight excluding hydrogens is 384 g/mol. The molecule has 0 radical (unpaired) electrons. The lowest BCUT2D eigenvalue weighted by Crippen LogP contribution is -2.47. The molecule has 3 heterocycles. The number of ether oxygens (including phenoxy) is 2. The molecule has 8 nitrogen and oxygen atoms in total. The monoisotopic (exact) mass is 408 g/mol. The molecule has 8 heteroatoms. The second-order valence-corrected chi connectivity index (χ2v) is 7.70. The van der Waals surface area contributed by atoms with Gasteiger partial charge in [-0.15, -0.1) is 0 Å². The minimum Gasteiger partial charge on any atom is -0.497 e. The number of fused-ring (bicyclic) bond motifs is 3. The number of imidazole rings is 1. The average molecular weight is 408 g/mol. The number of hydrogen-bond donors (Lipinski definition) is 0. The van der Waals surface area contributed by atoms with Crippen LogP contribution in [-0.4, -0.2) is 45.5 Å². The second-order valence-electron chi connectivity index (χ2n) is 7.70. The summed E-state index contributed by atoms with van der Waals surface area (Å²) in [4.78, 5) is 36.9. The van der Waals surface area contributed by atoms with E-state index in [1.54, 1.807) is 55.3 Å². The van der Waals surface area contributed by atoms with Gasteiger partial charge in [-0.05, 0) is 36.6 Å². The Kier molecular flexibility index (Phi) is 5.15. The number of carbonyl (C=O) groups is 2. The molecule has 0 saturated carbocycles. The topological polar surface area (TPSA) is 86.5 Å². The second kappa shape index (κ2) is 7.78. The van der Waals surface area contributed by atoms with Gasteiger partial charge < -0.3 is 9.47 Å². The van der Waals surface area contributed by atoms with Gasteiger partial charge in [0.1, 0.15) is 23.1 Å². The lowest BCUT2D eigenvalue weighted by Gasteiger charge is -2.33. The van der Waals surface area contributed by atoms with E-state index in [1.807, 2.05) is 13.8 Å². The predicted octanol–water partition coefficient (Wildman–Crippen LogP) is 3.22. The molecule has 0 saturated heterocycles. The normalized spacial score (nSPS) is 16.3. The number of imide groups is 1. The van der Waals surface area contributed by atoms with Gasteiger partial charge in [-0.25, -0.2) is 9.97 Å². The van der Waals surface area contributed by atoms with Crippen molar-refractivity contribution in [3.05, 3.63) is 47.9 Å². The Morgan fingerprint density at radius 3 is 2.63 bits per heavy atom. The maximum atomic E-state index is 13.5. The van der Waals surface area contributed by atoms with E-state index in [1.165, 1.54) is 4.90 Å². The van der Waals surface area contributed by atoms with Crippen molar-refractivity contribution in [2.24, 2.45) is 5.92 Å². The Hall–Kier alpha value is -3.42. The first-order valence-electron chi connectivity index (χ1n) is 9.84. The van der Waals surface area contributed by atoms with Crippen LogP contribution < -0.4 is 9.47 Å². The van der Waals surface area contributed by atoms with E-state index in [0.29, 0.717) is 34.6 Å². The number of benzene rings is 1. The smallest absolute Gasteiger partial charge is 0.296 e. The summed E-state index contributed by atoms with van der Waals surface area (Å²) >= 11 is 0. The van der Waals surface area contributed by atoms with Crippen LogP contribution in [0, 0.1) is 5.92 Å². The predicted molar refractivity (Wildman–Crippen MR) is 110 cm³/mol. The van der Waals surface area contributed by atoms with Gasteiger partial charge in [0.2, 0.25) is 5.82 Å². The van der Waals surface area contributed by atoms with Crippen LogP contribution in [0.15, 0.2) is 36.5 Å². The number of carbonyl (C=O) groups excluding carboxylic acids is 2. The Balaban J connectivity index is 1.79. The molecule has 4 rings (SSSR count). The standard InChI is InChI=1S/C22H24N4O4/c1-13(2)10-17-21(27)25(12-14-7-8-15(29-3)11-18(14)30-4)22(28)20-24-16-6-5-9-23-19(16)26(17)20/h5-9,11,13,17H,10,12H2,1-4H3. The zero-order valence-electron chi connectivity index (χ0n) is 17.5. The van der Waals surface area contributed by atoms with Crippen LogP contribution in [0.25, 0.3) is 11.2 Å². The van der Waals surface area contributed by atoms with Gasteiger partial charge in [0.25, 0.3) is 11.8 Å². The van der Waals surface area contributed by atoms with Gasteiger partial charge in [0, 0.05) is 17.8 Å². The highest BCUT2D eigenvalue weighted by Gasteiger charge is 2.41. The van der Waals surface area contributed by atoms with Gasteiger partial charge in [-0.3, -0.25) is 19.1 Å². The molecule has 1 unspecified atom stereocenters. The van der Waals surface area contributed by atoms with E-state index in [-0.39, 0.29) is 24.2 Å². The van der Waals surface area contributed by atoms with Crippen LogP contribution >= 0.6 is 0 Å². The number of methoxy groups -OCH3 is 2. The summed E-state index contributed by atoms with van der Waals surface area (Å²) in [5, 5.41) is 0. The van der Waals surface area contributed by atoms with Crippen molar-refractivity contribution in [1.29, 1.82) is 0 Å². The first-order chi connectivity index (χ1) is 14.4. The van der Waals surface area contributed by atoms with Gasteiger partial charge in [0.05, 0.1) is 20.8 Å². The zero-order valence-corrected chi connectivity index (χ0v) is 17.5. The van der Waals surface area contributed by atoms with Gasteiger partial charge in [-0.1, -0.05) is 13.8 Å². The zero-order chi connectivity index (χ0) is 21.4. The average Bonchev–Trinajstić information content (AvgIpc) is 3.13. The van der Waals surface area contributed by atoms with Crippen molar-refractivity contribution < 1.29 is 19.1 Å². The maximum absolute atomic E-state index is 13.5. The third-order valence-corrected chi connectivity index (χ3v) is 5.27. The highest BCUT2D eigenvalue weighted by Crippen LogP contribution is 2.33. The van der Waals surface area contributed by atoms with Crippen LogP contribution in [0.4, 0.5) is 0 Å². The van der Waals surface area contributed by atoms with Crippen LogP contribution in [0.3, 0.4) is 0 Å². The lowest BCUT2D eigenvalue weighted by molar-refractivity contribution is -0.134. The Morgan fingerprint density at radius 1 is 1.13 bits per heavy atom. The molecule has 1 atom stereocenters. The first-order valence-corrected chi connectivity index (χ1v) is 9.84. The SMILES string of the molecule is COc1ccc(CN2C(=O)c3nc4cccnc4n3C(CC(C)C)C2=O)c(OC)c1. The summed E-state index contributed by atoms with van der Waals surface area (Å²) < 4.78 is 12.4. The van der Waals surface area contributed by atoms with E-state index in [9.17, 15) is 9.59 Å². The van der Waals surface area contributed by atoms with E-state index in [2.05, 4.69) is 9.97 Å². The van der Waals surface area contributed by atoms with E-state index in [0.717, 1.165) is 0 Å². The molecule has 0 bridgehead atoms. The minimum atomic E-state index is -0.540. The quantitative estimate of drug-likeness (QED) is 0.582. The van der Waals surface area contributed by atoms with Crippen molar-refractivity contribution in [3.8, 4) is 11.5 Å². The molecule has 30 heavy (non-hydrogen) atoms. The molecule has 0 aliphatic carbocycles.